The molecular weight excluding hydrogens is 893 g/mol. The number of benzene rings is 12. The zero-order valence-corrected chi connectivity index (χ0v) is 40.5. The van der Waals surface area contributed by atoms with Crippen molar-refractivity contribution in [1.29, 1.82) is 0 Å². The minimum absolute atomic E-state index is 0.560. The fourth-order valence-corrected chi connectivity index (χ4v) is 14.3. The van der Waals surface area contributed by atoms with Crippen LogP contribution in [0.5, 0.6) is 0 Å². The molecule has 0 bridgehead atoms. The van der Waals surface area contributed by atoms with Gasteiger partial charge in [0.05, 0.1) is 27.9 Å². The van der Waals surface area contributed by atoms with Crippen LogP contribution in [0.25, 0.3) is 55.3 Å². The molecule has 0 amide bonds. The molecule has 2 nitrogen and oxygen atoms in total. The molecule has 344 valence electrons. The molecule has 1 atom stereocenters. The Morgan fingerprint density at radius 2 is 0.595 bits per heavy atom. The SMILES string of the molecule is c1ccc(N(c2ccccc2)c2cccc3c2-c2ccccc2C32c3ccccc3-c3c2cc(N(c2ccccc2)c2cccc4c2C2(c5ccccc5-c5ccccc52)c2ccccc2-4)c2ccccc32)cc1. The summed E-state index contributed by atoms with van der Waals surface area (Å²) >= 11 is 0. The summed E-state index contributed by atoms with van der Waals surface area (Å²) in [5.41, 5.74) is 26.4. The van der Waals surface area contributed by atoms with E-state index >= 15 is 0 Å². The van der Waals surface area contributed by atoms with E-state index in [1.807, 2.05) is 0 Å². The lowest BCUT2D eigenvalue weighted by molar-refractivity contribution is 0.791. The third-order valence-corrected chi connectivity index (χ3v) is 16.8. The van der Waals surface area contributed by atoms with Gasteiger partial charge in [0, 0.05) is 33.6 Å². The fraction of sp³-hybridized carbons (Fsp3) is 0.0278. The van der Waals surface area contributed by atoms with Crippen molar-refractivity contribution < 1.29 is 0 Å². The van der Waals surface area contributed by atoms with Crippen LogP contribution in [0, 0.1) is 0 Å². The summed E-state index contributed by atoms with van der Waals surface area (Å²) < 4.78 is 0. The highest BCUT2D eigenvalue weighted by Gasteiger charge is 2.55. The normalized spacial score (nSPS) is 15.2. The Balaban J connectivity index is 1.03. The first-order valence-electron chi connectivity index (χ1n) is 25.9. The lowest BCUT2D eigenvalue weighted by Gasteiger charge is -2.37. The first-order chi connectivity index (χ1) is 36.8. The van der Waals surface area contributed by atoms with Crippen LogP contribution in [-0.2, 0) is 10.8 Å². The number of hydrogen-bond donors (Lipinski definition) is 0. The molecule has 2 heteroatoms. The van der Waals surface area contributed by atoms with Crippen LogP contribution >= 0.6 is 0 Å². The van der Waals surface area contributed by atoms with Gasteiger partial charge in [0.25, 0.3) is 0 Å². The minimum Gasteiger partial charge on any atom is -0.310 e. The van der Waals surface area contributed by atoms with Crippen molar-refractivity contribution in [1.82, 2.24) is 0 Å². The van der Waals surface area contributed by atoms with E-state index in [-0.39, 0.29) is 0 Å². The van der Waals surface area contributed by atoms with Crippen molar-refractivity contribution in [2.24, 2.45) is 0 Å². The van der Waals surface area contributed by atoms with Crippen LogP contribution < -0.4 is 9.80 Å². The molecule has 0 radical (unpaired) electrons. The molecule has 0 heterocycles. The molecular formula is C72H46N2. The molecule has 0 aliphatic heterocycles. The molecule has 1 unspecified atom stereocenters. The molecule has 16 rings (SSSR count). The van der Waals surface area contributed by atoms with E-state index in [1.54, 1.807) is 0 Å². The van der Waals surface area contributed by atoms with Crippen molar-refractivity contribution >= 4 is 44.9 Å². The average molecular weight is 939 g/mol. The molecule has 12 aromatic rings. The van der Waals surface area contributed by atoms with Gasteiger partial charge in [-0.2, -0.15) is 0 Å². The summed E-state index contributed by atoms with van der Waals surface area (Å²) in [4.78, 5) is 5.06. The van der Waals surface area contributed by atoms with Crippen LogP contribution in [0.2, 0.25) is 0 Å². The maximum absolute atomic E-state index is 2.61. The molecule has 0 saturated carbocycles. The van der Waals surface area contributed by atoms with Gasteiger partial charge in [-0.05, 0) is 138 Å². The Kier molecular flexibility index (Phi) is 8.62. The molecule has 4 aliphatic carbocycles. The van der Waals surface area contributed by atoms with Crippen LogP contribution in [-0.4, -0.2) is 0 Å². The number of nitrogens with zero attached hydrogens (tertiary/aromatic N) is 2. The van der Waals surface area contributed by atoms with E-state index in [4.69, 9.17) is 0 Å². The van der Waals surface area contributed by atoms with E-state index in [9.17, 15) is 0 Å². The Labute approximate surface area is 431 Å². The number of hydrogen-bond acceptors (Lipinski definition) is 2. The molecule has 4 aliphatic rings. The summed E-state index contributed by atoms with van der Waals surface area (Å²) in [6.45, 7) is 0. The number of fused-ring (bicyclic) bond motifs is 22. The number of rotatable bonds is 6. The van der Waals surface area contributed by atoms with Crippen molar-refractivity contribution in [2.75, 3.05) is 9.80 Å². The lowest BCUT2D eigenvalue weighted by Crippen LogP contribution is -2.29. The summed E-state index contributed by atoms with van der Waals surface area (Å²) in [6, 6.07) is 105. The van der Waals surface area contributed by atoms with E-state index in [0.29, 0.717) is 0 Å². The zero-order valence-electron chi connectivity index (χ0n) is 40.5. The third-order valence-electron chi connectivity index (χ3n) is 16.8. The van der Waals surface area contributed by atoms with Gasteiger partial charge in [-0.1, -0.05) is 224 Å². The topological polar surface area (TPSA) is 6.48 Å². The maximum Gasteiger partial charge on any atom is 0.0746 e. The van der Waals surface area contributed by atoms with Crippen LogP contribution in [0.4, 0.5) is 34.1 Å². The Hall–Kier alpha value is -9.50. The second-order valence-electron chi connectivity index (χ2n) is 20.2. The summed E-state index contributed by atoms with van der Waals surface area (Å²) in [6.07, 6.45) is 0. The van der Waals surface area contributed by atoms with Crippen molar-refractivity contribution in [3.8, 4) is 44.5 Å². The minimum atomic E-state index is -0.645. The highest BCUT2D eigenvalue weighted by Crippen LogP contribution is 2.68. The van der Waals surface area contributed by atoms with Gasteiger partial charge in [0.15, 0.2) is 0 Å². The van der Waals surface area contributed by atoms with Gasteiger partial charge < -0.3 is 9.80 Å². The van der Waals surface area contributed by atoms with E-state index < -0.39 is 10.8 Å². The predicted molar refractivity (Wildman–Crippen MR) is 306 cm³/mol. The van der Waals surface area contributed by atoms with E-state index in [2.05, 4.69) is 289 Å². The first-order valence-corrected chi connectivity index (χ1v) is 25.9. The summed E-state index contributed by atoms with van der Waals surface area (Å²) in [5, 5.41) is 2.45. The molecule has 2 spiro atoms. The highest BCUT2D eigenvalue weighted by molar-refractivity contribution is 6.13. The standard InChI is InChI=1S/C72H46N2/c1-4-24-47(25-5-1)73(48-26-6-2-7-27-48)65-44-23-43-63-69(65)57-36-16-21-42-62(57)71(63)61-41-20-15-35-56(61)68-54-34-11-10-33-53(54)67(46-64(68)71)74(49-28-8-3-9-29-49)66-45-22-37-55-52-32-14-19-40-60(52)72(70(55)66)58-38-17-12-30-50(58)51-31-13-18-39-59(51)72/h1-46H. The Morgan fingerprint density at radius 1 is 0.216 bits per heavy atom. The third kappa shape index (κ3) is 5.23. The van der Waals surface area contributed by atoms with E-state index in [0.717, 1.165) is 28.4 Å². The largest absolute Gasteiger partial charge is 0.310 e. The van der Waals surface area contributed by atoms with E-state index in [1.165, 1.54) is 105 Å². The molecule has 0 saturated heterocycles. The smallest absolute Gasteiger partial charge is 0.0746 e. The molecule has 0 fully saturated rings. The molecule has 0 N–H and O–H groups in total. The first kappa shape index (κ1) is 41.2. The Bertz CT molecular complexity index is 4170. The number of para-hydroxylation sites is 3. The molecule has 12 aromatic carbocycles. The van der Waals surface area contributed by atoms with Crippen LogP contribution in [0.15, 0.2) is 279 Å². The maximum atomic E-state index is 2.61. The Morgan fingerprint density at radius 3 is 1.15 bits per heavy atom. The van der Waals surface area contributed by atoms with Crippen molar-refractivity contribution in [3.63, 3.8) is 0 Å². The second kappa shape index (κ2) is 15.5. The van der Waals surface area contributed by atoms with Gasteiger partial charge >= 0.3 is 0 Å². The average Bonchev–Trinajstić information content (AvgIpc) is 4.24. The van der Waals surface area contributed by atoms with Gasteiger partial charge in [-0.3, -0.25) is 0 Å². The molecule has 74 heavy (non-hydrogen) atoms. The van der Waals surface area contributed by atoms with Crippen molar-refractivity contribution in [3.05, 3.63) is 324 Å². The second-order valence-corrected chi connectivity index (χ2v) is 20.2. The molecule has 0 aromatic heterocycles. The van der Waals surface area contributed by atoms with Gasteiger partial charge in [0.1, 0.15) is 0 Å². The van der Waals surface area contributed by atoms with Gasteiger partial charge in [0.2, 0.25) is 0 Å². The fourth-order valence-electron chi connectivity index (χ4n) is 14.3. The predicted octanol–water partition coefficient (Wildman–Crippen LogP) is 18.5. The zero-order chi connectivity index (χ0) is 48.5. The lowest BCUT2D eigenvalue weighted by atomic mass is 9.69. The van der Waals surface area contributed by atoms with Crippen molar-refractivity contribution in [2.45, 2.75) is 10.8 Å². The summed E-state index contributed by atoms with van der Waals surface area (Å²) in [7, 11) is 0. The van der Waals surface area contributed by atoms with Gasteiger partial charge in [-0.15, -0.1) is 0 Å². The highest BCUT2D eigenvalue weighted by atomic mass is 15.2. The monoisotopic (exact) mass is 938 g/mol. The van der Waals surface area contributed by atoms with Gasteiger partial charge in [-0.25, -0.2) is 0 Å². The van der Waals surface area contributed by atoms with Crippen LogP contribution in [0.3, 0.4) is 0 Å². The number of anilines is 6. The summed E-state index contributed by atoms with van der Waals surface area (Å²) in [5.74, 6) is 0. The quantitative estimate of drug-likeness (QED) is 0.164. The van der Waals surface area contributed by atoms with Crippen LogP contribution in [0.1, 0.15) is 44.5 Å².